The highest BCUT2D eigenvalue weighted by molar-refractivity contribution is 5.72. The van der Waals surface area contributed by atoms with Crippen molar-refractivity contribution >= 4 is 5.97 Å². The predicted octanol–water partition coefficient (Wildman–Crippen LogP) is 5.11. The van der Waals surface area contributed by atoms with Crippen molar-refractivity contribution in [2.75, 3.05) is 7.11 Å². The molecule has 0 heterocycles. The predicted molar refractivity (Wildman–Crippen MR) is 82.5 cm³/mol. The molecule has 2 aliphatic carbocycles. The molecular weight excluding hydrogens is 248 g/mol. The van der Waals surface area contributed by atoms with Crippen LogP contribution in [0.1, 0.15) is 83.5 Å². The third kappa shape index (κ3) is 5.10. The molecule has 0 amide bonds. The quantitative estimate of drug-likeness (QED) is 0.632. The number of hydrogen-bond acceptors (Lipinski definition) is 2. The molecule has 2 nitrogen and oxygen atoms in total. The minimum atomic E-state index is 0.0476. The molecule has 0 aromatic heterocycles. The highest BCUT2D eigenvalue weighted by Crippen LogP contribution is 2.34. The summed E-state index contributed by atoms with van der Waals surface area (Å²) in [5, 5.41) is 0. The zero-order valence-electron chi connectivity index (χ0n) is 13.2. The van der Waals surface area contributed by atoms with Gasteiger partial charge in [-0.15, -0.1) is 0 Å². The lowest BCUT2D eigenvalue weighted by molar-refractivity contribution is -0.146. The third-order valence-corrected chi connectivity index (χ3v) is 5.53. The SMILES string of the molecule is COC(=O)C(CCC1CCCCC1)CC1CCCCC1. The average Bonchev–Trinajstić information content (AvgIpc) is 2.52. The van der Waals surface area contributed by atoms with E-state index < -0.39 is 0 Å². The van der Waals surface area contributed by atoms with Crippen LogP contribution in [-0.2, 0) is 9.53 Å². The molecule has 1 atom stereocenters. The van der Waals surface area contributed by atoms with Gasteiger partial charge in [0.15, 0.2) is 0 Å². The Morgan fingerprint density at radius 1 is 0.950 bits per heavy atom. The first-order valence-electron chi connectivity index (χ1n) is 8.87. The Bertz CT molecular complexity index is 275. The summed E-state index contributed by atoms with van der Waals surface area (Å²) in [6, 6.07) is 0. The fraction of sp³-hybridized carbons (Fsp3) is 0.944. The molecule has 2 rings (SSSR count). The second-order valence-electron chi connectivity index (χ2n) is 7.04. The summed E-state index contributed by atoms with van der Waals surface area (Å²) in [7, 11) is 1.55. The van der Waals surface area contributed by atoms with Crippen LogP contribution >= 0.6 is 0 Å². The molecule has 2 saturated carbocycles. The number of hydrogen-bond donors (Lipinski definition) is 0. The third-order valence-electron chi connectivity index (χ3n) is 5.53. The summed E-state index contributed by atoms with van der Waals surface area (Å²) in [6.07, 6.45) is 17.2. The van der Waals surface area contributed by atoms with Gasteiger partial charge in [-0.3, -0.25) is 4.79 Å². The van der Waals surface area contributed by atoms with Crippen molar-refractivity contribution in [2.45, 2.75) is 83.5 Å². The molecule has 2 fully saturated rings. The molecule has 116 valence electrons. The fourth-order valence-corrected chi connectivity index (χ4v) is 4.24. The first kappa shape index (κ1) is 15.9. The zero-order chi connectivity index (χ0) is 14.2. The zero-order valence-corrected chi connectivity index (χ0v) is 13.2. The van der Waals surface area contributed by atoms with Gasteiger partial charge in [-0.25, -0.2) is 0 Å². The Balaban J connectivity index is 1.77. The van der Waals surface area contributed by atoms with Crippen molar-refractivity contribution in [1.82, 2.24) is 0 Å². The summed E-state index contributed by atoms with van der Waals surface area (Å²) in [5.74, 6) is 1.87. The summed E-state index contributed by atoms with van der Waals surface area (Å²) >= 11 is 0. The fourth-order valence-electron chi connectivity index (χ4n) is 4.24. The second-order valence-corrected chi connectivity index (χ2v) is 7.04. The standard InChI is InChI=1S/C18H32O2/c1-20-18(19)17(14-16-10-6-3-7-11-16)13-12-15-8-4-2-5-9-15/h15-17H,2-14H2,1H3. The van der Waals surface area contributed by atoms with Crippen molar-refractivity contribution in [3.05, 3.63) is 0 Å². The van der Waals surface area contributed by atoms with Crippen LogP contribution in [0.5, 0.6) is 0 Å². The van der Waals surface area contributed by atoms with E-state index in [2.05, 4.69) is 0 Å². The van der Waals surface area contributed by atoms with Crippen molar-refractivity contribution in [2.24, 2.45) is 17.8 Å². The van der Waals surface area contributed by atoms with E-state index in [9.17, 15) is 4.79 Å². The van der Waals surface area contributed by atoms with E-state index in [0.29, 0.717) is 0 Å². The van der Waals surface area contributed by atoms with Crippen LogP contribution in [0.4, 0.5) is 0 Å². The molecule has 0 radical (unpaired) electrons. The first-order valence-corrected chi connectivity index (χ1v) is 8.87. The van der Waals surface area contributed by atoms with Crippen LogP contribution < -0.4 is 0 Å². The molecule has 0 aromatic rings. The number of carbonyl (C=O) groups excluding carboxylic acids is 1. The lowest BCUT2D eigenvalue weighted by atomic mass is 9.79. The lowest BCUT2D eigenvalue weighted by Crippen LogP contribution is -2.22. The number of methoxy groups -OCH3 is 1. The molecule has 0 aliphatic heterocycles. The van der Waals surface area contributed by atoms with Crippen LogP contribution in [-0.4, -0.2) is 13.1 Å². The highest BCUT2D eigenvalue weighted by atomic mass is 16.5. The van der Waals surface area contributed by atoms with Crippen molar-refractivity contribution in [3.8, 4) is 0 Å². The molecule has 0 N–H and O–H groups in total. The van der Waals surface area contributed by atoms with Gasteiger partial charge in [-0.1, -0.05) is 64.2 Å². The summed E-state index contributed by atoms with van der Waals surface area (Å²) in [4.78, 5) is 12.0. The summed E-state index contributed by atoms with van der Waals surface area (Å²) < 4.78 is 5.05. The van der Waals surface area contributed by atoms with Gasteiger partial charge in [-0.2, -0.15) is 0 Å². The molecule has 0 aromatic carbocycles. The molecule has 20 heavy (non-hydrogen) atoms. The maximum Gasteiger partial charge on any atom is 0.308 e. The van der Waals surface area contributed by atoms with Crippen LogP contribution in [0.3, 0.4) is 0 Å². The van der Waals surface area contributed by atoms with Crippen LogP contribution in [0.25, 0.3) is 0 Å². The lowest BCUT2D eigenvalue weighted by Gasteiger charge is -2.27. The van der Waals surface area contributed by atoms with Gasteiger partial charge in [0.25, 0.3) is 0 Å². The molecule has 1 unspecified atom stereocenters. The minimum absolute atomic E-state index is 0.0476. The van der Waals surface area contributed by atoms with Gasteiger partial charge in [0, 0.05) is 0 Å². The molecule has 0 bridgehead atoms. The van der Waals surface area contributed by atoms with Crippen LogP contribution in [0.2, 0.25) is 0 Å². The van der Waals surface area contributed by atoms with Crippen LogP contribution in [0, 0.1) is 17.8 Å². The number of esters is 1. The van der Waals surface area contributed by atoms with Gasteiger partial charge >= 0.3 is 5.97 Å². The minimum Gasteiger partial charge on any atom is -0.469 e. The average molecular weight is 280 g/mol. The van der Waals surface area contributed by atoms with Gasteiger partial charge in [0.05, 0.1) is 13.0 Å². The number of rotatable bonds is 6. The Kier molecular flexibility index (Phi) is 6.89. The number of carbonyl (C=O) groups is 1. The highest BCUT2D eigenvalue weighted by Gasteiger charge is 2.26. The van der Waals surface area contributed by atoms with E-state index in [-0.39, 0.29) is 11.9 Å². The first-order chi connectivity index (χ1) is 9.79. The molecule has 0 spiro atoms. The summed E-state index contributed by atoms with van der Waals surface area (Å²) in [5.41, 5.74) is 0. The van der Waals surface area contributed by atoms with Gasteiger partial charge in [0.1, 0.15) is 0 Å². The Hall–Kier alpha value is -0.530. The van der Waals surface area contributed by atoms with Crippen molar-refractivity contribution in [1.29, 1.82) is 0 Å². The van der Waals surface area contributed by atoms with Crippen molar-refractivity contribution < 1.29 is 9.53 Å². The molecular formula is C18H32O2. The Morgan fingerprint density at radius 3 is 2.05 bits per heavy atom. The molecule has 2 heteroatoms. The van der Waals surface area contributed by atoms with Gasteiger partial charge < -0.3 is 4.74 Å². The maximum atomic E-state index is 12.0. The smallest absolute Gasteiger partial charge is 0.308 e. The molecule has 0 saturated heterocycles. The van der Waals surface area contributed by atoms with Gasteiger partial charge in [-0.05, 0) is 31.1 Å². The van der Waals surface area contributed by atoms with E-state index in [1.807, 2.05) is 0 Å². The van der Waals surface area contributed by atoms with Crippen LogP contribution in [0.15, 0.2) is 0 Å². The maximum absolute atomic E-state index is 12.0. The van der Waals surface area contributed by atoms with Crippen molar-refractivity contribution in [3.63, 3.8) is 0 Å². The summed E-state index contributed by atoms with van der Waals surface area (Å²) in [6.45, 7) is 0. The Labute approximate surface area is 124 Å². The van der Waals surface area contributed by atoms with E-state index in [1.165, 1.54) is 70.6 Å². The monoisotopic (exact) mass is 280 g/mol. The largest absolute Gasteiger partial charge is 0.469 e. The van der Waals surface area contributed by atoms with E-state index in [0.717, 1.165) is 24.7 Å². The molecule has 2 aliphatic rings. The Morgan fingerprint density at radius 2 is 1.50 bits per heavy atom. The second kappa shape index (κ2) is 8.69. The normalized spacial score (nSPS) is 23.4. The topological polar surface area (TPSA) is 26.3 Å². The number of ether oxygens (including phenoxy) is 1. The van der Waals surface area contributed by atoms with E-state index in [1.54, 1.807) is 7.11 Å². The van der Waals surface area contributed by atoms with E-state index >= 15 is 0 Å². The van der Waals surface area contributed by atoms with E-state index in [4.69, 9.17) is 4.74 Å². The van der Waals surface area contributed by atoms with Gasteiger partial charge in [0.2, 0.25) is 0 Å².